The standard InChI is InChI=1S/C15H20N4O2/c1-3-19-14(16-11-17-19)10-18(2)9-8-12-6-4-5-7-13(12)15(20)21/h4-7,11H,3,8-10H2,1-2H3,(H,20,21). The predicted molar refractivity (Wildman–Crippen MR) is 79.1 cm³/mol. The summed E-state index contributed by atoms with van der Waals surface area (Å²) in [6.45, 7) is 4.29. The van der Waals surface area contributed by atoms with Gasteiger partial charge in [-0.05, 0) is 32.0 Å². The number of likely N-dealkylation sites (N-methyl/N-ethyl adjacent to an activating group) is 1. The van der Waals surface area contributed by atoms with Gasteiger partial charge in [0.2, 0.25) is 0 Å². The average molecular weight is 288 g/mol. The molecule has 0 radical (unpaired) electrons. The zero-order valence-electron chi connectivity index (χ0n) is 12.4. The summed E-state index contributed by atoms with van der Waals surface area (Å²) in [7, 11) is 2.00. The van der Waals surface area contributed by atoms with Crippen molar-refractivity contribution >= 4 is 5.97 Å². The van der Waals surface area contributed by atoms with Gasteiger partial charge in [0.15, 0.2) is 0 Å². The van der Waals surface area contributed by atoms with Crippen molar-refractivity contribution in [2.24, 2.45) is 0 Å². The molecular formula is C15H20N4O2. The van der Waals surface area contributed by atoms with E-state index in [1.807, 2.05) is 30.8 Å². The van der Waals surface area contributed by atoms with E-state index < -0.39 is 5.97 Å². The molecule has 0 atom stereocenters. The lowest BCUT2D eigenvalue weighted by Crippen LogP contribution is -2.23. The summed E-state index contributed by atoms with van der Waals surface area (Å²) in [5, 5.41) is 13.3. The highest BCUT2D eigenvalue weighted by Crippen LogP contribution is 2.10. The minimum Gasteiger partial charge on any atom is -0.478 e. The Morgan fingerprint density at radius 2 is 2.14 bits per heavy atom. The summed E-state index contributed by atoms with van der Waals surface area (Å²) in [6.07, 6.45) is 2.26. The second-order valence-corrected chi connectivity index (χ2v) is 4.94. The minimum absolute atomic E-state index is 0.377. The molecule has 0 unspecified atom stereocenters. The number of aromatic carboxylic acids is 1. The highest BCUT2D eigenvalue weighted by Gasteiger charge is 2.11. The molecule has 0 fully saturated rings. The van der Waals surface area contributed by atoms with Crippen molar-refractivity contribution in [1.29, 1.82) is 0 Å². The Kier molecular flexibility index (Phi) is 5.05. The van der Waals surface area contributed by atoms with Gasteiger partial charge in [-0.1, -0.05) is 18.2 Å². The third-order valence-electron chi connectivity index (χ3n) is 3.42. The van der Waals surface area contributed by atoms with Gasteiger partial charge in [-0.2, -0.15) is 5.10 Å². The summed E-state index contributed by atoms with van der Waals surface area (Å²) >= 11 is 0. The molecule has 6 heteroatoms. The van der Waals surface area contributed by atoms with Crippen molar-refractivity contribution in [2.45, 2.75) is 26.4 Å². The molecule has 0 saturated heterocycles. The predicted octanol–water partition coefficient (Wildman–Crippen LogP) is 1.67. The molecule has 6 nitrogen and oxygen atoms in total. The lowest BCUT2D eigenvalue weighted by molar-refractivity contribution is 0.0695. The second-order valence-electron chi connectivity index (χ2n) is 4.94. The molecule has 112 valence electrons. The highest BCUT2D eigenvalue weighted by molar-refractivity contribution is 5.89. The van der Waals surface area contributed by atoms with Crippen LogP contribution in [0.3, 0.4) is 0 Å². The van der Waals surface area contributed by atoms with Crippen LogP contribution in [0.2, 0.25) is 0 Å². The Morgan fingerprint density at radius 3 is 2.86 bits per heavy atom. The smallest absolute Gasteiger partial charge is 0.335 e. The molecule has 1 aromatic carbocycles. The van der Waals surface area contributed by atoms with Crippen molar-refractivity contribution in [3.05, 3.63) is 47.5 Å². The Morgan fingerprint density at radius 1 is 1.38 bits per heavy atom. The van der Waals surface area contributed by atoms with Crippen LogP contribution in [0.4, 0.5) is 0 Å². The number of aromatic nitrogens is 3. The fraction of sp³-hybridized carbons (Fsp3) is 0.400. The van der Waals surface area contributed by atoms with Crippen LogP contribution in [-0.4, -0.2) is 44.3 Å². The summed E-state index contributed by atoms with van der Waals surface area (Å²) in [5.74, 6) is 0.0468. The number of rotatable bonds is 7. The van der Waals surface area contributed by atoms with Gasteiger partial charge in [-0.15, -0.1) is 0 Å². The zero-order chi connectivity index (χ0) is 15.2. The molecule has 0 spiro atoms. The quantitative estimate of drug-likeness (QED) is 0.839. The fourth-order valence-electron chi connectivity index (χ4n) is 2.25. The zero-order valence-corrected chi connectivity index (χ0v) is 12.4. The van der Waals surface area contributed by atoms with Crippen molar-refractivity contribution in [3.63, 3.8) is 0 Å². The van der Waals surface area contributed by atoms with Crippen LogP contribution in [0.5, 0.6) is 0 Å². The van der Waals surface area contributed by atoms with Crippen molar-refractivity contribution in [1.82, 2.24) is 19.7 Å². The van der Waals surface area contributed by atoms with E-state index in [4.69, 9.17) is 0 Å². The van der Waals surface area contributed by atoms with E-state index in [2.05, 4.69) is 15.0 Å². The number of hydrogen-bond acceptors (Lipinski definition) is 4. The largest absolute Gasteiger partial charge is 0.478 e. The maximum atomic E-state index is 11.2. The molecular weight excluding hydrogens is 268 g/mol. The summed E-state index contributed by atoms with van der Waals surface area (Å²) in [5.41, 5.74) is 1.23. The molecule has 1 aromatic heterocycles. The number of aryl methyl sites for hydroxylation is 1. The lowest BCUT2D eigenvalue weighted by atomic mass is 10.0. The molecule has 2 rings (SSSR count). The minimum atomic E-state index is -0.876. The van der Waals surface area contributed by atoms with Crippen LogP contribution in [-0.2, 0) is 19.5 Å². The first-order chi connectivity index (χ1) is 10.1. The lowest BCUT2D eigenvalue weighted by Gasteiger charge is -2.17. The van der Waals surface area contributed by atoms with Crippen molar-refractivity contribution in [3.8, 4) is 0 Å². The van der Waals surface area contributed by atoms with E-state index in [1.165, 1.54) is 0 Å². The summed E-state index contributed by atoms with van der Waals surface area (Å²) < 4.78 is 1.86. The van der Waals surface area contributed by atoms with E-state index in [-0.39, 0.29) is 0 Å². The number of carboxylic acids is 1. The molecule has 0 aliphatic heterocycles. The SMILES string of the molecule is CCn1ncnc1CN(C)CCc1ccccc1C(=O)O. The van der Waals surface area contributed by atoms with Gasteiger partial charge in [0.25, 0.3) is 0 Å². The van der Waals surface area contributed by atoms with Gasteiger partial charge in [0.1, 0.15) is 12.2 Å². The third kappa shape index (κ3) is 3.88. The molecule has 0 bridgehead atoms. The van der Waals surface area contributed by atoms with E-state index >= 15 is 0 Å². The fourth-order valence-corrected chi connectivity index (χ4v) is 2.25. The summed E-state index contributed by atoms with van der Waals surface area (Å²) in [4.78, 5) is 17.5. The van der Waals surface area contributed by atoms with Crippen molar-refractivity contribution < 1.29 is 9.90 Å². The maximum Gasteiger partial charge on any atom is 0.335 e. The third-order valence-corrected chi connectivity index (χ3v) is 3.42. The number of nitrogens with zero attached hydrogens (tertiary/aromatic N) is 4. The number of carboxylic acid groups (broad SMARTS) is 1. The van der Waals surface area contributed by atoms with Crippen LogP contribution in [0.15, 0.2) is 30.6 Å². The van der Waals surface area contributed by atoms with E-state index in [1.54, 1.807) is 18.5 Å². The van der Waals surface area contributed by atoms with Gasteiger partial charge < -0.3 is 5.11 Å². The monoisotopic (exact) mass is 288 g/mol. The van der Waals surface area contributed by atoms with Gasteiger partial charge >= 0.3 is 5.97 Å². The molecule has 0 aliphatic rings. The first-order valence-corrected chi connectivity index (χ1v) is 6.98. The molecule has 21 heavy (non-hydrogen) atoms. The van der Waals surface area contributed by atoms with E-state index in [0.29, 0.717) is 18.5 Å². The second kappa shape index (κ2) is 6.99. The Hall–Kier alpha value is -2.21. The van der Waals surface area contributed by atoms with Gasteiger partial charge in [0, 0.05) is 13.1 Å². The Balaban J connectivity index is 1.95. The van der Waals surface area contributed by atoms with Gasteiger partial charge in [0.05, 0.1) is 12.1 Å². The molecule has 0 aliphatic carbocycles. The van der Waals surface area contributed by atoms with Crippen molar-refractivity contribution in [2.75, 3.05) is 13.6 Å². The molecule has 0 amide bonds. The van der Waals surface area contributed by atoms with Gasteiger partial charge in [-0.25, -0.2) is 14.5 Å². The van der Waals surface area contributed by atoms with Crippen LogP contribution in [0, 0.1) is 0 Å². The molecule has 0 saturated carbocycles. The molecule has 1 N–H and O–H groups in total. The Labute approximate surface area is 124 Å². The van der Waals surface area contributed by atoms with E-state index in [9.17, 15) is 9.90 Å². The van der Waals surface area contributed by atoms with Gasteiger partial charge in [-0.3, -0.25) is 4.90 Å². The van der Waals surface area contributed by atoms with Crippen LogP contribution < -0.4 is 0 Å². The van der Waals surface area contributed by atoms with Crippen LogP contribution in [0.1, 0.15) is 28.7 Å². The normalized spacial score (nSPS) is 11.0. The number of hydrogen-bond donors (Lipinski definition) is 1. The molecule has 2 aromatic rings. The van der Waals surface area contributed by atoms with Crippen LogP contribution in [0.25, 0.3) is 0 Å². The van der Waals surface area contributed by atoms with E-state index in [0.717, 1.165) is 24.5 Å². The average Bonchev–Trinajstić information content (AvgIpc) is 2.92. The maximum absolute atomic E-state index is 11.2. The number of benzene rings is 1. The first-order valence-electron chi connectivity index (χ1n) is 6.98. The number of carbonyl (C=O) groups is 1. The summed E-state index contributed by atoms with van der Waals surface area (Å²) in [6, 6.07) is 7.13. The highest BCUT2D eigenvalue weighted by atomic mass is 16.4. The van der Waals surface area contributed by atoms with Crippen LogP contribution >= 0.6 is 0 Å². The molecule has 1 heterocycles. The topological polar surface area (TPSA) is 71.2 Å². The first kappa shape index (κ1) is 15.2. The Bertz CT molecular complexity index is 609.